The highest BCUT2D eigenvalue weighted by molar-refractivity contribution is 5.97. The molecule has 2 aromatic carbocycles. The van der Waals surface area contributed by atoms with Gasteiger partial charge in [-0.2, -0.15) is 13.2 Å². The third-order valence-corrected chi connectivity index (χ3v) is 5.33. The Morgan fingerprint density at radius 2 is 1.26 bits per heavy atom. The lowest BCUT2D eigenvalue weighted by Gasteiger charge is -2.35. The smallest absolute Gasteiger partial charge is 0.335 e. The summed E-state index contributed by atoms with van der Waals surface area (Å²) in [5.74, 6) is -0.835. The van der Waals surface area contributed by atoms with Crippen LogP contribution in [0.25, 0.3) is 5.69 Å². The maximum atomic E-state index is 13.2. The second kappa shape index (κ2) is 8.29. The van der Waals surface area contributed by atoms with E-state index < -0.39 is 17.6 Å². The van der Waals surface area contributed by atoms with Gasteiger partial charge in [0.05, 0.1) is 11.1 Å². The zero-order chi connectivity index (χ0) is 22.0. The number of hydrogen-bond acceptors (Lipinski definition) is 2. The molecular formula is C23H20F3N3O2. The molecule has 4 rings (SSSR count). The number of piperazine rings is 1. The van der Waals surface area contributed by atoms with Gasteiger partial charge in [-0.05, 0) is 48.5 Å². The van der Waals surface area contributed by atoms with Crippen molar-refractivity contribution in [2.45, 2.75) is 6.18 Å². The molecule has 2 amide bonds. The first-order valence-electron chi connectivity index (χ1n) is 9.83. The number of halogens is 3. The zero-order valence-corrected chi connectivity index (χ0v) is 16.5. The van der Waals surface area contributed by atoms with Crippen molar-refractivity contribution in [2.24, 2.45) is 0 Å². The minimum Gasteiger partial charge on any atom is -0.335 e. The summed E-state index contributed by atoms with van der Waals surface area (Å²) in [5, 5.41) is 0. The number of alkyl halides is 3. The molecule has 160 valence electrons. The summed E-state index contributed by atoms with van der Waals surface area (Å²) in [7, 11) is 0. The SMILES string of the molecule is O=C(c1ccc(-n2cccc2)cc1)N1CCN(C(=O)c2ccccc2C(F)(F)F)CC1. The minimum absolute atomic E-state index is 0.165. The first-order valence-corrected chi connectivity index (χ1v) is 9.83. The van der Waals surface area contributed by atoms with E-state index in [4.69, 9.17) is 0 Å². The van der Waals surface area contributed by atoms with Crippen LogP contribution in [-0.2, 0) is 6.18 Å². The third-order valence-electron chi connectivity index (χ3n) is 5.33. The van der Waals surface area contributed by atoms with Crippen LogP contribution in [0.4, 0.5) is 13.2 Å². The van der Waals surface area contributed by atoms with Gasteiger partial charge >= 0.3 is 6.18 Å². The summed E-state index contributed by atoms with van der Waals surface area (Å²) >= 11 is 0. The summed E-state index contributed by atoms with van der Waals surface area (Å²) in [6, 6.07) is 15.8. The van der Waals surface area contributed by atoms with Crippen LogP contribution in [0.1, 0.15) is 26.3 Å². The Labute approximate surface area is 177 Å². The molecular weight excluding hydrogens is 407 g/mol. The highest BCUT2D eigenvalue weighted by Crippen LogP contribution is 2.32. The van der Waals surface area contributed by atoms with Gasteiger partial charge in [-0.1, -0.05) is 12.1 Å². The molecule has 8 heteroatoms. The second-order valence-corrected chi connectivity index (χ2v) is 7.26. The first-order chi connectivity index (χ1) is 14.8. The van der Waals surface area contributed by atoms with E-state index in [1.165, 1.54) is 23.1 Å². The van der Waals surface area contributed by atoms with Gasteiger partial charge in [0.1, 0.15) is 0 Å². The second-order valence-electron chi connectivity index (χ2n) is 7.26. The van der Waals surface area contributed by atoms with Crippen LogP contribution in [-0.4, -0.2) is 52.4 Å². The molecule has 3 aromatic rings. The molecule has 0 N–H and O–H groups in total. The highest BCUT2D eigenvalue weighted by Gasteiger charge is 2.36. The van der Waals surface area contributed by atoms with Crippen LogP contribution >= 0.6 is 0 Å². The lowest BCUT2D eigenvalue weighted by molar-refractivity contribution is -0.138. The van der Waals surface area contributed by atoms with Crippen molar-refractivity contribution in [3.63, 3.8) is 0 Å². The van der Waals surface area contributed by atoms with E-state index in [-0.39, 0.29) is 37.6 Å². The van der Waals surface area contributed by atoms with Gasteiger partial charge in [0.2, 0.25) is 0 Å². The first kappa shape index (κ1) is 20.7. The molecule has 1 aliphatic heterocycles. The van der Waals surface area contributed by atoms with E-state index in [1.54, 1.807) is 17.0 Å². The average Bonchev–Trinajstić information content (AvgIpc) is 3.33. The number of carbonyl (C=O) groups is 2. The van der Waals surface area contributed by atoms with E-state index in [0.29, 0.717) is 5.56 Å². The minimum atomic E-state index is -4.60. The van der Waals surface area contributed by atoms with Crippen LogP contribution in [0.3, 0.4) is 0 Å². The summed E-state index contributed by atoms with van der Waals surface area (Å²) in [5.41, 5.74) is 0.148. The predicted octanol–water partition coefficient (Wildman–Crippen LogP) is 4.09. The number of hydrogen-bond donors (Lipinski definition) is 0. The Morgan fingerprint density at radius 1 is 0.710 bits per heavy atom. The zero-order valence-electron chi connectivity index (χ0n) is 16.5. The Morgan fingerprint density at radius 3 is 1.84 bits per heavy atom. The lowest BCUT2D eigenvalue weighted by Crippen LogP contribution is -2.50. The van der Waals surface area contributed by atoms with E-state index in [0.717, 1.165) is 11.8 Å². The predicted molar refractivity (Wildman–Crippen MR) is 109 cm³/mol. The number of carbonyl (C=O) groups excluding carboxylic acids is 2. The summed E-state index contributed by atoms with van der Waals surface area (Å²) in [6.07, 6.45) is -0.787. The van der Waals surface area contributed by atoms with Gasteiger partial charge in [-0.25, -0.2) is 0 Å². The van der Waals surface area contributed by atoms with Crippen molar-refractivity contribution in [1.29, 1.82) is 0 Å². The molecule has 0 unspecified atom stereocenters. The molecule has 1 saturated heterocycles. The fourth-order valence-corrected chi connectivity index (χ4v) is 3.67. The molecule has 5 nitrogen and oxygen atoms in total. The van der Waals surface area contributed by atoms with Crippen molar-refractivity contribution >= 4 is 11.8 Å². The monoisotopic (exact) mass is 427 g/mol. The van der Waals surface area contributed by atoms with E-state index in [1.807, 2.05) is 41.2 Å². The number of benzene rings is 2. The fraction of sp³-hybridized carbons (Fsp3) is 0.217. The topological polar surface area (TPSA) is 45.6 Å². The Hall–Kier alpha value is -3.55. The number of nitrogens with zero attached hydrogens (tertiary/aromatic N) is 3. The molecule has 0 radical (unpaired) electrons. The number of aromatic nitrogens is 1. The fourth-order valence-electron chi connectivity index (χ4n) is 3.67. The van der Waals surface area contributed by atoms with Gasteiger partial charge in [0.15, 0.2) is 0 Å². The van der Waals surface area contributed by atoms with Crippen LogP contribution in [0.15, 0.2) is 73.1 Å². The molecule has 1 fully saturated rings. The van der Waals surface area contributed by atoms with Gasteiger partial charge in [0, 0.05) is 49.8 Å². The Balaban J connectivity index is 1.41. The van der Waals surface area contributed by atoms with Crippen molar-refractivity contribution in [1.82, 2.24) is 14.4 Å². The lowest BCUT2D eigenvalue weighted by atomic mass is 10.1. The van der Waals surface area contributed by atoms with Gasteiger partial charge in [-0.15, -0.1) is 0 Å². The molecule has 31 heavy (non-hydrogen) atoms. The van der Waals surface area contributed by atoms with Crippen LogP contribution in [0, 0.1) is 0 Å². The third kappa shape index (κ3) is 4.33. The largest absolute Gasteiger partial charge is 0.417 e. The Bertz CT molecular complexity index is 1070. The van der Waals surface area contributed by atoms with Crippen molar-refractivity contribution in [3.8, 4) is 5.69 Å². The van der Waals surface area contributed by atoms with Crippen LogP contribution in [0.5, 0.6) is 0 Å². The summed E-state index contributed by atoms with van der Waals surface area (Å²) in [4.78, 5) is 28.5. The molecule has 1 aromatic heterocycles. The van der Waals surface area contributed by atoms with E-state index >= 15 is 0 Å². The maximum absolute atomic E-state index is 13.2. The highest BCUT2D eigenvalue weighted by atomic mass is 19.4. The van der Waals surface area contributed by atoms with Crippen molar-refractivity contribution in [2.75, 3.05) is 26.2 Å². The Kier molecular flexibility index (Phi) is 5.54. The van der Waals surface area contributed by atoms with Gasteiger partial charge in [-0.3, -0.25) is 9.59 Å². The molecule has 0 aliphatic carbocycles. The van der Waals surface area contributed by atoms with E-state index in [2.05, 4.69) is 0 Å². The number of amides is 2. The van der Waals surface area contributed by atoms with Crippen molar-refractivity contribution in [3.05, 3.63) is 89.7 Å². The van der Waals surface area contributed by atoms with Crippen molar-refractivity contribution < 1.29 is 22.8 Å². The van der Waals surface area contributed by atoms with Crippen LogP contribution in [0.2, 0.25) is 0 Å². The summed E-state index contributed by atoms with van der Waals surface area (Å²) in [6.45, 7) is 0.882. The average molecular weight is 427 g/mol. The molecule has 0 spiro atoms. The molecule has 1 aliphatic rings. The van der Waals surface area contributed by atoms with Crippen LogP contribution < -0.4 is 0 Å². The molecule has 0 saturated carbocycles. The quantitative estimate of drug-likeness (QED) is 0.632. The standard InChI is InChI=1S/C23H20F3N3O2/c24-23(25,26)20-6-2-1-5-19(20)22(31)29-15-13-28(14-16-29)21(30)17-7-9-18(10-8-17)27-11-3-4-12-27/h1-12H,13-16H2. The molecule has 2 heterocycles. The summed E-state index contributed by atoms with van der Waals surface area (Å²) < 4.78 is 41.6. The number of rotatable bonds is 3. The normalized spacial score (nSPS) is 14.5. The molecule has 0 bridgehead atoms. The van der Waals surface area contributed by atoms with E-state index in [9.17, 15) is 22.8 Å². The maximum Gasteiger partial charge on any atom is 0.417 e. The van der Waals surface area contributed by atoms with Gasteiger partial charge in [0.25, 0.3) is 11.8 Å². The molecule has 0 atom stereocenters. The van der Waals surface area contributed by atoms with Gasteiger partial charge < -0.3 is 14.4 Å².